The molecule has 1 N–H and O–H groups in total. The highest BCUT2D eigenvalue weighted by Gasteiger charge is 2.21. The van der Waals surface area contributed by atoms with Gasteiger partial charge < -0.3 is 10.0 Å². The van der Waals surface area contributed by atoms with Crippen molar-refractivity contribution in [2.75, 3.05) is 20.1 Å². The minimum absolute atomic E-state index is 0.322. The van der Waals surface area contributed by atoms with Gasteiger partial charge in [0.05, 0.1) is 6.10 Å². The monoisotopic (exact) mass is 237 g/mol. The molecule has 3 heteroatoms. The van der Waals surface area contributed by atoms with Gasteiger partial charge in [-0.2, -0.15) is 0 Å². The zero-order valence-corrected chi connectivity index (χ0v) is 10.3. The molecule has 1 atom stereocenters. The van der Waals surface area contributed by atoms with Gasteiger partial charge in [0.1, 0.15) is 5.82 Å². The van der Waals surface area contributed by atoms with Crippen LogP contribution in [0.2, 0.25) is 0 Å². The Kier molecular flexibility index (Phi) is 4.13. The van der Waals surface area contributed by atoms with E-state index in [-0.39, 0.29) is 5.82 Å². The lowest BCUT2D eigenvalue weighted by atomic mass is 9.85. The summed E-state index contributed by atoms with van der Waals surface area (Å²) in [6, 6.07) is 6.44. The van der Waals surface area contributed by atoms with Crippen molar-refractivity contribution in [1.29, 1.82) is 0 Å². The van der Waals surface area contributed by atoms with Gasteiger partial charge in [0.25, 0.3) is 0 Å². The van der Waals surface area contributed by atoms with E-state index in [0.29, 0.717) is 12.1 Å². The summed E-state index contributed by atoms with van der Waals surface area (Å²) in [4.78, 5) is 2.10. The van der Waals surface area contributed by atoms with Gasteiger partial charge in [0.15, 0.2) is 0 Å². The molecule has 1 aromatic rings. The van der Waals surface area contributed by atoms with Crippen molar-refractivity contribution in [3.8, 4) is 0 Å². The quantitative estimate of drug-likeness (QED) is 0.851. The highest BCUT2D eigenvalue weighted by atomic mass is 19.1. The van der Waals surface area contributed by atoms with Crippen LogP contribution in [0.4, 0.5) is 4.39 Å². The maximum absolute atomic E-state index is 13.5. The lowest BCUT2D eigenvalue weighted by molar-refractivity contribution is 0.104. The number of aliphatic hydroxyl groups is 1. The summed E-state index contributed by atoms with van der Waals surface area (Å²) in [6.07, 6.45) is 3.18. The third kappa shape index (κ3) is 3.27. The van der Waals surface area contributed by atoms with Crippen LogP contribution >= 0.6 is 0 Å². The summed E-state index contributed by atoms with van der Waals surface area (Å²) < 4.78 is 13.5. The van der Waals surface area contributed by atoms with Crippen molar-refractivity contribution in [2.45, 2.75) is 25.4 Å². The second-order valence-corrected chi connectivity index (χ2v) is 5.06. The Morgan fingerprint density at radius 2 is 2.12 bits per heavy atom. The Morgan fingerprint density at radius 1 is 1.41 bits per heavy atom. The number of hydrogen-bond acceptors (Lipinski definition) is 2. The first kappa shape index (κ1) is 12.5. The number of benzene rings is 1. The largest absolute Gasteiger partial charge is 0.387 e. The lowest BCUT2D eigenvalue weighted by Crippen LogP contribution is -2.32. The molecule has 1 aromatic carbocycles. The van der Waals surface area contributed by atoms with E-state index in [0.717, 1.165) is 12.5 Å². The second-order valence-electron chi connectivity index (χ2n) is 5.06. The van der Waals surface area contributed by atoms with Gasteiger partial charge >= 0.3 is 0 Å². The maximum atomic E-state index is 13.5. The maximum Gasteiger partial charge on any atom is 0.129 e. The van der Waals surface area contributed by atoms with Gasteiger partial charge in [-0.3, -0.25) is 0 Å². The Balaban J connectivity index is 1.87. The summed E-state index contributed by atoms with van der Waals surface area (Å²) in [7, 11) is 1.99. The topological polar surface area (TPSA) is 23.5 Å². The predicted molar refractivity (Wildman–Crippen MR) is 66.2 cm³/mol. The van der Waals surface area contributed by atoms with Crippen LogP contribution in [0.1, 0.15) is 30.9 Å². The first-order chi connectivity index (χ1) is 8.16. The van der Waals surface area contributed by atoms with Crippen LogP contribution in [0.25, 0.3) is 0 Å². The summed E-state index contributed by atoms with van der Waals surface area (Å²) in [5.74, 6) is 0.449. The number of nitrogens with zero attached hydrogens (tertiary/aromatic N) is 1. The predicted octanol–water partition coefficient (Wildman–Crippen LogP) is 2.59. The van der Waals surface area contributed by atoms with Crippen molar-refractivity contribution in [3.63, 3.8) is 0 Å². The van der Waals surface area contributed by atoms with Crippen LogP contribution in [0.15, 0.2) is 24.3 Å². The number of rotatable bonds is 5. The van der Waals surface area contributed by atoms with E-state index in [1.165, 1.54) is 25.3 Å². The standard InChI is InChI=1S/C14H20FNO/c1-16(9-11-5-4-6-11)10-14(17)12-7-2-3-8-13(12)15/h2-3,7-8,11,14,17H,4-6,9-10H2,1H3. The molecule has 2 nitrogen and oxygen atoms in total. The fraction of sp³-hybridized carbons (Fsp3) is 0.571. The number of hydrogen-bond donors (Lipinski definition) is 1. The third-order valence-corrected chi connectivity index (χ3v) is 3.54. The van der Waals surface area contributed by atoms with Crippen LogP contribution in [0, 0.1) is 11.7 Å². The Morgan fingerprint density at radius 3 is 2.71 bits per heavy atom. The van der Waals surface area contributed by atoms with E-state index < -0.39 is 6.10 Å². The van der Waals surface area contributed by atoms with Crippen LogP contribution in [0.3, 0.4) is 0 Å². The molecule has 94 valence electrons. The molecular weight excluding hydrogens is 217 g/mol. The van der Waals surface area contributed by atoms with Gasteiger partial charge in [-0.25, -0.2) is 4.39 Å². The second kappa shape index (κ2) is 5.61. The van der Waals surface area contributed by atoms with Gasteiger partial charge in [0.2, 0.25) is 0 Å². The Hall–Kier alpha value is -0.930. The molecule has 1 saturated carbocycles. The van der Waals surface area contributed by atoms with Crippen molar-refractivity contribution in [3.05, 3.63) is 35.6 Å². The smallest absolute Gasteiger partial charge is 0.129 e. The van der Waals surface area contributed by atoms with E-state index in [1.54, 1.807) is 18.2 Å². The number of likely N-dealkylation sites (N-methyl/N-ethyl adjacent to an activating group) is 1. The molecule has 17 heavy (non-hydrogen) atoms. The van der Waals surface area contributed by atoms with Crippen LogP contribution in [-0.2, 0) is 0 Å². The molecule has 0 aromatic heterocycles. The summed E-state index contributed by atoms with van der Waals surface area (Å²) in [5.41, 5.74) is 0.396. The normalized spacial score (nSPS) is 18.1. The van der Waals surface area contributed by atoms with E-state index in [1.807, 2.05) is 7.05 Å². The molecule has 1 fully saturated rings. The van der Waals surface area contributed by atoms with Crippen LogP contribution in [0.5, 0.6) is 0 Å². The molecule has 0 aliphatic heterocycles. The SMILES string of the molecule is CN(CC1CCC1)CC(O)c1ccccc1F. The van der Waals surface area contributed by atoms with Crippen molar-refractivity contribution in [1.82, 2.24) is 4.90 Å². The zero-order chi connectivity index (χ0) is 12.3. The van der Waals surface area contributed by atoms with Crippen molar-refractivity contribution < 1.29 is 9.50 Å². The van der Waals surface area contributed by atoms with Crippen LogP contribution < -0.4 is 0 Å². The number of halogens is 1. The molecule has 0 amide bonds. The van der Waals surface area contributed by atoms with E-state index >= 15 is 0 Å². The first-order valence-electron chi connectivity index (χ1n) is 6.28. The first-order valence-corrected chi connectivity index (χ1v) is 6.28. The van der Waals surface area contributed by atoms with Gasteiger partial charge in [-0.05, 0) is 31.9 Å². The zero-order valence-electron chi connectivity index (χ0n) is 10.3. The summed E-state index contributed by atoms with van der Waals surface area (Å²) in [5, 5.41) is 9.99. The third-order valence-electron chi connectivity index (χ3n) is 3.54. The molecule has 1 aliphatic rings. The van der Waals surface area contributed by atoms with E-state index in [9.17, 15) is 9.50 Å². The average Bonchev–Trinajstić information content (AvgIpc) is 2.24. The van der Waals surface area contributed by atoms with Crippen molar-refractivity contribution in [2.24, 2.45) is 5.92 Å². The molecule has 1 unspecified atom stereocenters. The molecule has 0 bridgehead atoms. The highest BCUT2D eigenvalue weighted by molar-refractivity contribution is 5.19. The van der Waals surface area contributed by atoms with E-state index in [4.69, 9.17) is 0 Å². The molecule has 2 rings (SSSR count). The summed E-state index contributed by atoms with van der Waals surface area (Å²) in [6.45, 7) is 1.50. The molecule has 0 spiro atoms. The fourth-order valence-electron chi connectivity index (χ4n) is 2.33. The fourth-order valence-corrected chi connectivity index (χ4v) is 2.33. The minimum Gasteiger partial charge on any atom is -0.387 e. The molecular formula is C14H20FNO. The van der Waals surface area contributed by atoms with Gasteiger partial charge in [-0.15, -0.1) is 0 Å². The highest BCUT2D eigenvalue weighted by Crippen LogP contribution is 2.27. The molecule has 0 saturated heterocycles. The Bertz CT molecular complexity index is 365. The lowest BCUT2D eigenvalue weighted by Gasteiger charge is -2.31. The number of aliphatic hydroxyl groups excluding tert-OH is 1. The van der Waals surface area contributed by atoms with Gasteiger partial charge in [-0.1, -0.05) is 24.6 Å². The van der Waals surface area contributed by atoms with Crippen LogP contribution in [-0.4, -0.2) is 30.1 Å². The summed E-state index contributed by atoms with van der Waals surface area (Å²) >= 11 is 0. The molecule has 0 radical (unpaired) electrons. The van der Waals surface area contributed by atoms with Crippen molar-refractivity contribution >= 4 is 0 Å². The van der Waals surface area contributed by atoms with Gasteiger partial charge in [0, 0.05) is 18.7 Å². The minimum atomic E-state index is -0.735. The molecule has 0 heterocycles. The average molecular weight is 237 g/mol. The molecule has 1 aliphatic carbocycles. The Labute approximate surface area is 102 Å². The van der Waals surface area contributed by atoms with E-state index in [2.05, 4.69) is 4.90 Å².